The van der Waals surface area contributed by atoms with Crippen molar-refractivity contribution in [3.05, 3.63) is 12.4 Å². The van der Waals surface area contributed by atoms with Crippen LogP contribution in [0.2, 0.25) is 0 Å². The molecule has 1 amide bonds. The minimum atomic E-state index is -0.886. The van der Waals surface area contributed by atoms with Crippen molar-refractivity contribution >= 4 is 23.6 Å². The van der Waals surface area contributed by atoms with Gasteiger partial charge in [-0.3, -0.25) is 9.59 Å². The van der Waals surface area contributed by atoms with Gasteiger partial charge in [0.15, 0.2) is 5.16 Å². The second-order valence-electron chi connectivity index (χ2n) is 4.25. The number of nitrogens with zero attached hydrogens (tertiary/aromatic N) is 3. The minimum Gasteiger partial charge on any atom is -0.481 e. The molecule has 1 aromatic rings. The van der Waals surface area contributed by atoms with Gasteiger partial charge in [0.05, 0.1) is 5.92 Å². The van der Waals surface area contributed by atoms with E-state index in [1.54, 1.807) is 22.9 Å². The minimum absolute atomic E-state index is 0.0668. The fourth-order valence-electron chi connectivity index (χ4n) is 1.89. The Balaban J connectivity index is 1.79. The number of rotatable bonds is 5. The lowest BCUT2D eigenvalue weighted by Gasteiger charge is -2.15. The first-order valence-corrected chi connectivity index (χ1v) is 6.67. The molecule has 0 radical (unpaired) electrons. The average Bonchev–Trinajstić information content (AvgIpc) is 2.87. The summed E-state index contributed by atoms with van der Waals surface area (Å²) in [6.07, 6.45) is 3.72. The van der Waals surface area contributed by atoms with Gasteiger partial charge < -0.3 is 14.6 Å². The number of carboxylic acids is 1. The van der Waals surface area contributed by atoms with Crippen LogP contribution in [0.5, 0.6) is 0 Å². The lowest BCUT2D eigenvalue weighted by Crippen LogP contribution is -2.28. The third-order valence-electron chi connectivity index (χ3n) is 2.93. The molecule has 0 unspecified atom stereocenters. The van der Waals surface area contributed by atoms with E-state index in [2.05, 4.69) is 4.98 Å². The Morgan fingerprint density at radius 2 is 2.44 bits per heavy atom. The van der Waals surface area contributed by atoms with Crippen molar-refractivity contribution < 1.29 is 14.7 Å². The van der Waals surface area contributed by atoms with Crippen molar-refractivity contribution in [2.45, 2.75) is 11.6 Å². The first-order chi connectivity index (χ1) is 8.58. The van der Waals surface area contributed by atoms with Gasteiger partial charge in [0, 0.05) is 44.7 Å². The van der Waals surface area contributed by atoms with Crippen LogP contribution in [0.4, 0.5) is 0 Å². The van der Waals surface area contributed by atoms with Crippen molar-refractivity contribution in [1.29, 1.82) is 0 Å². The fourth-order valence-corrected chi connectivity index (χ4v) is 2.79. The van der Waals surface area contributed by atoms with E-state index in [1.165, 1.54) is 0 Å². The van der Waals surface area contributed by atoms with E-state index in [0.29, 0.717) is 13.1 Å². The molecule has 1 aliphatic heterocycles. The number of aryl methyl sites for hydroxylation is 1. The molecule has 1 aliphatic rings. The Morgan fingerprint density at radius 1 is 1.67 bits per heavy atom. The first-order valence-electron chi connectivity index (χ1n) is 5.68. The number of imidazole rings is 1. The molecule has 98 valence electrons. The summed E-state index contributed by atoms with van der Waals surface area (Å²) < 4.78 is 1.91. The Labute approximate surface area is 109 Å². The van der Waals surface area contributed by atoms with Crippen LogP contribution < -0.4 is 0 Å². The summed E-state index contributed by atoms with van der Waals surface area (Å²) in [6, 6.07) is 0. The van der Waals surface area contributed by atoms with Crippen LogP contribution in [0.15, 0.2) is 17.6 Å². The Morgan fingerprint density at radius 3 is 3.00 bits per heavy atom. The molecule has 6 nitrogen and oxygen atoms in total. The zero-order chi connectivity index (χ0) is 13.1. The topological polar surface area (TPSA) is 75.4 Å². The summed E-state index contributed by atoms with van der Waals surface area (Å²) in [5, 5.41) is 9.76. The molecule has 2 rings (SSSR count). The maximum atomic E-state index is 11.6. The number of hydrogen-bond acceptors (Lipinski definition) is 4. The van der Waals surface area contributed by atoms with Gasteiger partial charge in [-0.15, -0.1) is 0 Å². The summed E-state index contributed by atoms with van der Waals surface area (Å²) in [5.74, 6) is -0.774. The number of thioether (sulfide) groups is 1. The highest BCUT2D eigenvalue weighted by atomic mass is 32.2. The fraction of sp³-hybridized carbons (Fsp3) is 0.545. The van der Waals surface area contributed by atoms with Crippen LogP contribution >= 0.6 is 11.8 Å². The SMILES string of the molecule is Cn1ccnc1SCCN1C[C@@H](C(=O)O)CC1=O. The standard InChI is InChI=1S/C11H15N3O3S/c1-13-3-2-12-11(13)18-5-4-14-7-8(10(16)17)6-9(14)15/h2-3,8H,4-7H2,1H3,(H,16,17)/t8-/m0/s1. The van der Waals surface area contributed by atoms with Gasteiger partial charge in [-0.2, -0.15) is 0 Å². The summed E-state index contributed by atoms with van der Waals surface area (Å²) in [4.78, 5) is 28.2. The number of amides is 1. The van der Waals surface area contributed by atoms with E-state index in [-0.39, 0.29) is 12.3 Å². The predicted molar refractivity (Wildman–Crippen MR) is 66.3 cm³/mol. The monoisotopic (exact) mass is 269 g/mol. The highest BCUT2D eigenvalue weighted by Crippen LogP contribution is 2.20. The molecule has 0 saturated carbocycles. The van der Waals surface area contributed by atoms with Crippen molar-refractivity contribution in [2.24, 2.45) is 13.0 Å². The molecule has 0 bridgehead atoms. The zero-order valence-electron chi connectivity index (χ0n) is 10.1. The third-order valence-corrected chi connectivity index (χ3v) is 3.97. The summed E-state index contributed by atoms with van der Waals surface area (Å²) in [6.45, 7) is 0.898. The molecular formula is C11H15N3O3S. The normalized spacial score (nSPS) is 19.5. The van der Waals surface area contributed by atoms with E-state index in [4.69, 9.17) is 5.11 Å². The highest BCUT2D eigenvalue weighted by molar-refractivity contribution is 7.99. The first kappa shape index (κ1) is 12.9. The number of carbonyl (C=O) groups is 2. The van der Waals surface area contributed by atoms with Crippen LogP contribution in [0.25, 0.3) is 0 Å². The molecular weight excluding hydrogens is 254 g/mol. The molecule has 7 heteroatoms. The van der Waals surface area contributed by atoms with Gasteiger partial charge >= 0.3 is 5.97 Å². The van der Waals surface area contributed by atoms with Crippen molar-refractivity contribution in [3.8, 4) is 0 Å². The van der Waals surface area contributed by atoms with Crippen LogP contribution in [-0.4, -0.2) is 50.3 Å². The van der Waals surface area contributed by atoms with E-state index >= 15 is 0 Å². The van der Waals surface area contributed by atoms with Crippen LogP contribution in [-0.2, 0) is 16.6 Å². The Hall–Kier alpha value is -1.50. The number of carboxylic acid groups (broad SMARTS) is 1. The largest absolute Gasteiger partial charge is 0.481 e. The Bertz CT molecular complexity index is 460. The number of aliphatic carboxylic acids is 1. The molecule has 1 saturated heterocycles. The van der Waals surface area contributed by atoms with Gasteiger partial charge in [0.2, 0.25) is 5.91 Å². The quantitative estimate of drug-likeness (QED) is 0.785. The summed E-state index contributed by atoms with van der Waals surface area (Å²) in [5.41, 5.74) is 0. The second kappa shape index (κ2) is 5.43. The lowest BCUT2D eigenvalue weighted by atomic mass is 10.1. The van der Waals surface area contributed by atoms with E-state index in [1.807, 2.05) is 17.8 Å². The molecule has 2 heterocycles. The predicted octanol–water partition coefficient (Wildman–Crippen LogP) is 0.445. The number of hydrogen-bond donors (Lipinski definition) is 1. The van der Waals surface area contributed by atoms with Crippen LogP contribution in [0.1, 0.15) is 6.42 Å². The van der Waals surface area contributed by atoms with Gasteiger partial charge in [0.1, 0.15) is 0 Å². The lowest BCUT2D eigenvalue weighted by molar-refractivity contribution is -0.141. The van der Waals surface area contributed by atoms with Crippen LogP contribution in [0.3, 0.4) is 0 Å². The molecule has 0 spiro atoms. The molecule has 1 fully saturated rings. The van der Waals surface area contributed by atoms with Gasteiger partial charge in [0.25, 0.3) is 0 Å². The van der Waals surface area contributed by atoms with E-state index in [9.17, 15) is 9.59 Å². The Kier molecular flexibility index (Phi) is 3.90. The third kappa shape index (κ3) is 2.84. The van der Waals surface area contributed by atoms with Crippen molar-refractivity contribution in [2.75, 3.05) is 18.8 Å². The maximum Gasteiger partial charge on any atom is 0.308 e. The number of aromatic nitrogens is 2. The number of carbonyl (C=O) groups excluding carboxylic acids is 1. The van der Waals surface area contributed by atoms with E-state index < -0.39 is 11.9 Å². The summed E-state index contributed by atoms with van der Waals surface area (Å²) >= 11 is 1.56. The second-order valence-corrected chi connectivity index (χ2v) is 5.31. The smallest absolute Gasteiger partial charge is 0.308 e. The average molecular weight is 269 g/mol. The van der Waals surface area contributed by atoms with E-state index in [0.717, 1.165) is 10.9 Å². The van der Waals surface area contributed by atoms with Gasteiger partial charge in [-0.1, -0.05) is 11.8 Å². The molecule has 1 aromatic heterocycles. The molecule has 0 aliphatic carbocycles. The number of likely N-dealkylation sites (tertiary alicyclic amines) is 1. The van der Waals surface area contributed by atoms with Crippen LogP contribution in [0, 0.1) is 5.92 Å². The molecule has 0 aromatic carbocycles. The molecule has 1 N–H and O–H groups in total. The summed E-state index contributed by atoms with van der Waals surface area (Å²) in [7, 11) is 1.91. The van der Waals surface area contributed by atoms with Crippen molar-refractivity contribution in [1.82, 2.24) is 14.5 Å². The zero-order valence-corrected chi connectivity index (χ0v) is 10.9. The maximum absolute atomic E-state index is 11.6. The van der Waals surface area contributed by atoms with Gasteiger partial charge in [-0.25, -0.2) is 4.98 Å². The van der Waals surface area contributed by atoms with Gasteiger partial charge in [-0.05, 0) is 0 Å². The highest BCUT2D eigenvalue weighted by Gasteiger charge is 2.33. The molecule has 1 atom stereocenters. The molecule has 18 heavy (non-hydrogen) atoms. The van der Waals surface area contributed by atoms with Crippen molar-refractivity contribution in [3.63, 3.8) is 0 Å².